The van der Waals surface area contributed by atoms with Crippen molar-refractivity contribution in [3.8, 4) is 5.75 Å². The fourth-order valence-corrected chi connectivity index (χ4v) is 3.67. The summed E-state index contributed by atoms with van der Waals surface area (Å²) in [6.07, 6.45) is 3.38. The fourth-order valence-electron chi connectivity index (χ4n) is 2.64. The highest BCUT2D eigenvalue weighted by atomic mass is 32.1. The van der Waals surface area contributed by atoms with Crippen LogP contribution in [0, 0.1) is 5.41 Å². The van der Waals surface area contributed by atoms with Crippen molar-refractivity contribution in [3.05, 3.63) is 85.3 Å². The number of carbonyl (C=O) groups excluding carboxylic acids is 1. The van der Waals surface area contributed by atoms with Crippen LogP contribution < -0.4 is 19.5 Å². The van der Waals surface area contributed by atoms with Crippen LogP contribution in [0.25, 0.3) is 12.2 Å². The van der Waals surface area contributed by atoms with Crippen LogP contribution in [0.1, 0.15) is 31.9 Å². The third-order valence-corrected chi connectivity index (χ3v) is 5.61. The molecule has 0 saturated heterocycles. The minimum Gasteiger partial charge on any atom is -0.488 e. The van der Waals surface area contributed by atoms with E-state index >= 15 is 0 Å². The van der Waals surface area contributed by atoms with Gasteiger partial charge in [-0.15, -0.1) is 11.3 Å². The molecule has 0 N–H and O–H groups in total. The number of ketones is 1. The van der Waals surface area contributed by atoms with Gasteiger partial charge in [-0.25, -0.2) is 0 Å². The van der Waals surface area contributed by atoms with Crippen LogP contribution in [-0.2, 0) is 18.4 Å². The zero-order valence-corrected chi connectivity index (χ0v) is 18.0. The molecule has 0 aliphatic heterocycles. The average Bonchev–Trinajstić information content (AvgIpc) is 2.95. The molecule has 150 valence electrons. The molecule has 0 atom stereocenters. The molecule has 5 heteroatoms. The number of hydrogen-bond acceptors (Lipinski definition) is 4. The van der Waals surface area contributed by atoms with Crippen LogP contribution in [0.5, 0.6) is 5.75 Å². The number of hydrogen-bond donors (Lipinski definition) is 0. The Labute approximate surface area is 174 Å². The summed E-state index contributed by atoms with van der Waals surface area (Å²) in [7, 11) is 1.69. The third kappa shape index (κ3) is 5.12. The molecule has 3 aromatic rings. The Bertz CT molecular complexity index is 1180. The standard InChI is InChI=1S/C24H25NO3S/c1-24(2,3)21(26)15-22-25(4)23(27)20(29-22)14-18-12-8-9-13-19(18)28-16-17-10-6-5-7-11-17/h5-15H,16H2,1-4H3/b20-14+,22-15-. The van der Waals surface area contributed by atoms with E-state index in [2.05, 4.69) is 0 Å². The molecular weight excluding hydrogens is 382 g/mol. The van der Waals surface area contributed by atoms with E-state index in [4.69, 9.17) is 4.74 Å². The minimum absolute atomic E-state index is 0.00695. The van der Waals surface area contributed by atoms with Gasteiger partial charge in [0.1, 0.15) is 17.0 Å². The number of carbonyl (C=O) groups is 1. The Morgan fingerprint density at radius 1 is 1.07 bits per heavy atom. The minimum atomic E-state index is -0.484. The van der Waals surface area contributed by atoms with Crippen molar-refractivity contribution in [3.63, 3.8) is 0 Å². The topological polar surface area (TPSA) is 48.3 Å². The summed E-state index contributed by atoms with van der Waals surface area (Å²) in [6.45, 7) is 6.05. The van der Waals surface area contributed by atoms with E-state index in [9.17, 15) is 9.59 Å². The Morgan fingerprint density at radius 2 is 1.72 bits per heavy atom. The summed E-state index contributed by atoms with van der Waals surface area (Å²) in [5, 5.41) is 0. The quantitative estimate of drug-likeness (QED) is 0.652. The lowest BCUT2D eigenvalue weighted by Crippen LogP contribution is -2.30. The van der Waals surface area contributed by atoms with E-state index in [-0.39, 0.29) is 11.3 Å². The highest BCUT2D eigenvalue weighted by Gasteiger charge is 2.19. The predicted octanol–water partition coefficient (Wildman–Crippen LogP) is 3.25. The molecule has 0 fully saturated rings. The van der Waals surface area contributed by atoms with Crippen LogP contribution in [0.15, 0.2) is 59.4 Å². The van der Waals surface area contributed by atoms with Crippen molar-refractivity contribution >= 4 is 29.3 Å². The van der Waals surface area contributed by atoms with E-state index in [0.29, 0.717) is 21.6 Å². The summed E-state index contributed by atoms with van der Waals surface area (Å²) in [4.78, 5) is 25.0. The zero-order valence-electron chi connectivity index (χ0n) is 17.1. The summed E-state index contributed by atoms with van der Waals surface area (Å²) in [5.74, 6) is 0.704. The van der Waals surface area contributed by atoms with Gasteiger partial charge in [-0.05, 0) is 17.7 Å². The molecule has 0 radical (unpaired) electrons. The van der Waals surface area contributed by atoms with Crippen molar-refractivity contribution in [2.75, 3.05) is 0 Å². The maximum absolute atomic E-state index is 12.7. The van der Waals surface area contributed by atoms with Gasteiger partial charge in [0.2, 0.25) is 0 Å². The molecule has 1 aromatic heterocycles. The Hall–Kier alpha value is -2.92. The van der Waals surface area contributed by atoms with Crippen LogP contribution in [-0.4, -0.2) is 10.4 Å². The lowest BCUT2D eigenvalue weighted by atomic mass is 9.91. The summed E-state index contributed by atoms with van der Waals surface area (Å²) < 4.78 is 8.71. The Balaban J connectivity index is 1.97. The van der Waals surface area contributed by atoms with Gasteiger partial charge in [-0.2, -0.15) is 0 Å². The number of nitrogens with zero attached hydrogens (tertiary/aromatic N) is 1. The van der Waals surface area contributed by atoms with Crippen LogP contribution >= 0.6 is 11.3 Å². The number of rotatable bonds is 5. The maximum Gasteiger partial charge on any atom is 0.268 e. The average molecular weight is 408 g/mol. The van der Waals surface area contributed by atoms with Crippen molar-refractivity contribution in [1.29, 1.82) is 0 Å². The Kier molecular flexibility index (Phi) is 6.18. The van der Waals surface area contributed by atoms with Crippen molar-refractivity contribution in [2.45, 2.75) is 27.4 Å². The molecule has 0 unspecified atom stereocenters. The number of aromatic nitrogens is 1. The third-order valence-electron chi connectivity index (χ3n) is 4.50. The number of para-hydroxylation sites is 1. The first-order chi connectivity index (χ1) is 13.8. The van der Waals surface area contributed by atoms with Crippen LogP contribution in [0.2, 0.25) is 0 Å². The van der Waals surface area contributed by atoms with E-state index < -0.39 is 5.41 Å². The molecule has 4 nitrogen and oxygen atoms in total. The predicted molar refractivity (Wildman–Crippen MR) is 119 cm³/mol. The number of thiazole rings is 1. The second kappa shape index (κ2) is 8.62. The highest BCUT2D eigenvalue weighted by molar-refractivity contribution is 7.07. The first-order valence-electron chi connectivity index (χ1n) is 9.45. The largest absolute Gasteiger partial charge is 0.488 e. The molecule has 0 aliphatic carbocycles. The summed E-state index contributed by atoms with van der Waals surface area (Å²) in [6, 6.07) is 17.6. The van der Waals surface area contributed by atoms with Gasteiger partial charge in [-0.1, -0.05) is 69.3 Å². The van der Waals surface area contributed by atoms with E-state index in [1.54, 1.807) is 13.1 Å². The summed E-state index contributed by atoms with van der Waals surface area (Å²) >= 11 is 1.31. The number of benzene rings is 2. The van der Waals surface area contributed by atoms with Crippen molar-refractivity contribution in [2.24, 2.45) is 12.5 Å². The first kappa shape index (κ1) is 20.8. The monoisotopic (exact) mass is 407 g/mol. The van der Waals surface area contributed by atoms with Gasteiger partial charge < -0.3 is 9.30 Å². The van der Waals surface area contributed by atoms with Gasteiger partial charge in [0.05, 0.1) is 4.53 Å². The molecule has 29 heavy (non-hydrogen) atoms. The fraction of sp³-hybridized carbons (Fsp3) is 0.250. The lowest BCUT2D eigenvalue weighted by molar-refractivity contribution is -0.120. The number of Topliss-reactive ketones (excluding diaryl/α,β-unsaturated/α-hetero) is 1. The molecule has 2 aromatic carbocycles. The molecule has 1 heterocycles. The Morgan fingerprint density at radius 3 is 2.41 bits per heavy atom. The SMILES string of the molecule is Cn1c(=O)/c(=C\c2ccccc2OCc2ccccc2)s/c1=C\C(=O)C(C)(C)C. The lowest BCUT2D eigenvalue weighted by Gasteiger charge is -2.12. The first-order valence-corrected chi connectivity index (χ1v) is 10.3. The van der Waals surface area contributed by atoms with E-state index in [1.165, 1.54) is 15.9 Å². The maximum atomic E-state index is 12.7. The molecular formula is C24H25NO3S. The molecule has 0 amide bonds. The molecule has 0 saturated carbocycles. The normalized spacial score (nSPS) is 13.0. The van der Waals surface area contributed by atoms with Gasteiger partial charge in [-0.3, -0.25) is 9.59 Å². The van der Waals surface area contributed by atoms with Crippen LogP contribution in [0.4, 0.5) is 0 Å². The second-order valence-electron chi connectivity index (χ2n) is 7.88. The van der Waals surface area contributed by atoms with E-state index in [1.807, 2.05) is 81.4 Å². The van der Waals surface area contributed by atoms with E-state index in [0.717, 1.165) is 11.1 Å². The van der Waals surface area contributed by atoms with Crippen molar-refractivity contribution in [1.82, 2.24) is 4.57 Å². The zero-order chi connectivity index (χ0) is 21.0. The second-order valence-corrected chi connectivity index (χ2v) is 8.95. The van der Waals surface area contributed by atoms with Crippen molar-refractivity contribution < 1.29 is 9.53 Å². The highest BCUT2D eigenvalue weighted by Crippen LogP contribution is 2.20. The van der Waals surface area contributed by atoms with Gasteiger partial charge in [0.25, 0.3) is 5.56 Å². The smallest absolute Gasteiger partial charge is 0.268 e. The summed E-state index contributed by atoms with van der Waals surface area (Å²) in [5.41, 5.74) is 1.30. The van der Waals surface area contributed by atoms with Gasteiger partial charge in [0.15, 0.2) is 5.78 Å². The van der Waals surface area contributed by atoms with Gasteiger partial charge in [0, 0.05) is 24.1 Å². The number of ether oxygens (including phenoxy) is 1. The molecule has 3 rings (SSSR count). The van der Waals surface area contributed by atoms with Crippen LogP contribution in [0.3, 0.4) is 0 Å². The van der Waals surface area contributed by atoms with Gasteiger partial charge >= 0.3 is 0 Å². The molecule has 0 aliphatic rings. The molecule has 0 bridgehead atoms. The molecule has 0 spiro atoms.